The van der Waals surface area contributed by atoms with E-state index in [4.69, 9.17) is 4.74 Å². The van der Waals surface area contributed by atoms with Crippen molar-refractivity contribution < 1.29 is 9.53 Å². The second-order valence-electron chi connectivity index (χ2n) is 6.75. The van der Waals surface area contributed by atoms with Crippen molar-refractivity contribution >= 4 is 27.5 Å². The van der Waals surface area contributed by atoms with E-state index >= 15 is 0 Å². The van der Waals surface area contributed by atoms with Gasteiger partial charge in [0.25, 0.3) is 5.91 Å². The summed E-state index contributed by atoms with van der Waals surface area (Å²) in [5.41, 5.74) is 2.86. The second-order valence-corrected chi connectivity index (χ2v) is 7.67. The molecule has 0 radical (unpaired) electrons. The summed E-state index contributed by atoms with van der Waals surface area (Å²) in [7, 11) is 1.92. The lowest BCUT2D eigenvalue weighted by atomic mass is 10.2. The van der Waals surface area contributed by atoms with Crippen molar-refractivity contribution in [3.63, 3.8) is 0 Å². The van der Waals surface area contributed by atoms with Crippen LogP contribution in [0.25, 0.3) is 5.69 Å². The molecule has 0 atom stereocenters. The van der Waals surface area contributed by atoms with Crippen molar-refractivity contribution in [2.24, 2.45) is 7.05 Å². The van der Waals surface area contributed by atoms with Crippen molar-refractivity contribution in [2.45, 2.75) is 13.5 Å². The molecule has 0 fully saturated rings. The van der Waals surface area contributed by atoms with E-state index in [0.717, 1.165) is 21.7 Å². The maximum Gasteiger partial charge on any atom is 0.259 e. The number of nitrogens with one attached hydrogen (secondary N) is 1. The van der Waals surface area contributed by atoms with Crippen molar-refractivity contribution in [3.8, 4) is 11.4 Å². The van der Waals surface area contributed by atoms with Crippen molar-refractivity contribution in [1.82, 2.24) is 19.3 Å². The van der Waals surface area contributed by atoms with Gasteiger partial charge in [-0.2, -0.15) is 5.10 Å². The van der Waals surface area contributed by atoms with E-state index in [9.17, 15) is 4.79 Å². The number of hydrogen-bond donors (Lipinski definition) is 1. The minimum absolute atomic E-state index is 0.211. The first kappa shape index (κ1) is 19.9. The van der Waals surface area contributed by atoms with E-state index < -0.39 is 0 Å². The highest BCUT2D eigenvalue weighted by atomic mass is 79.9. The van der Waals surface area contributed by atoms with Crippen LogP contribution in [0, 0.1) is 6.92 Å². The number of imidazole rings is 1. The Hall–Kier alpha value is -3.39. The van der Waals surface area contributed by atoms with Crippen LogP contribution in [0.1, 0.15) is 21.9 Å². The first-order chi connectivity index (χ1) is 14.5. The molecule has 1 N–H and O–H groups in total. The number of nitrogens with zero attached hydrogens (tertiary/aromatic N) is 4. The molecule has 0 saturated heterocycles. The summed E-state index contributed by atoms with van der Waals surface area (Å²) in [5, 5.41) is 7.27. The van der Waals surface area contributed by atoms with E-state index in [1.807, 2.05) is 61.1 Å². The Kier molecular flexibility index (Phi) is 5.67. The van der Waals surface area contributed by atoms with Gasteiger partial charge in [-0.15, -0.1) is 0 Å². The van der Waals surface area contributed by atoms with Crippen LogP contribution >= 0.6 is 15.9 Å². The predicted molar refractivity (Wildman–Crippen MR) is 118 cm³/mol. The van der Waals surface area contributed by atoms with E-state index in [-0.39, 0.29) is 5.91 Å². The largest absolute Gasteiger partial charge is 0.486 e. The molecular formula is C22H20BrN5O2. The molecule has 0 saturated carbocycles. The number of rotatable bonds is 6. The summed E-state index contributed by atoms with van der Waals surface area (Å²) < 4.78 is 10.4. The molecule has 2 aromatic carbocycles. The molecule has 0 aliphatic carbocycles. The van der Waals surface area contributed by atoms with Crippen LogP contribution in [0.3, 0.4) is 0 Å². The SMILES string of the molecule is Cc1c(C(=O)Nc2ccc(OCc3nccn3C)cc2)cnn1-c1ccc(Br)cc1. The average Bonchev–Trinajstić information content (AvgIpc) is 3.33. The van der Waals surface area contributed by atoms with Crippen LogP contribution in [0.15, 0.2) is 71.6 Å². The topological polar surface area (TPSA) is 74.0 Å². The molecule has 30 heavy (non-hydrogen) atoms. The van der Waals surface area contributed by atoms with Crippen LogP contribution in [-0.2, 0) is 13.7 Å². The molecule has 1 amide bonds. The number of carbonyl (C=O) groups is 1. The van der Waals surface area contributed by atoms with Crippen LogP contribution < -0.4 is 10.1 Å². The number of halogens is 1. The number of benzene rings is 2. The number of ether oxygens (including phenoxy) is 1. The van der Waals surface area contributed by atoms with Crippen LogP contribution in [0.4, 0.5) is 5.69 Å². The highest BCUT2D eigenvalue weighted by Gasteiger charge is 2.15. The van der Waals surface area contributed by atoms with Gasteiger partial charge >= 0.3 is 0 Å². The molecule has 152 valence electrons. The smallest absolute Gasteiger partial charge is 0.259 e. The highest BCUT2D eigenvalue weighted by Crippen LogP contribution is 2.20. The lowest BCUT2D eigenvalue weighted by Gasteiger charge is -2.09. The van der Waals surface area contributed by atoms with Crippen molar-refractivity contribution in [1.29, 1.82) is 0 Å². The van der Waals surface area contributed by atoms with Gasteiger partial charge in [0.05, 0.1) is 23.1 Å². The zero-order chi connectivity index (χ0) is 21.1. The highest BCUT2D eigenvalue weighted by molar-refractivity contribution is 9.10. The minimum atomic E-state index is -0.211. The van der Waals surface area contributed by atoms with E-state index in [1.165, 1.54) is 0 Å². The van der Waals surface area contributed by atoms with Gasteiger partial charge in [0.1, 0.15) is 18.2 Å². The molecule has 0 bridgehead atoms. The Balaban J connectivity index is 1.41. The predicted octanol–water partition coefficient (Wildman–Crippen LogP) is 4.51. The van der Waals surface area contributed by atoms with Crippen molar-refractivity contribution in [2.75, 3.05) is 5.32 Å². The normalized spacial score (nSPS) is 10.8. The summed E-state index contributed by atoms with van der Waals surface area (Å²) in [6.07, 6.45) is 5.19. The maximum absolute atomic E-state index is 12.7. The molecule has 2 aromatic heterocycles. The third kappa shape index (κ3) is 4.28. The molecule has 0 spiro atoms. The summed E-state index contributed by atoms with van der Waals surface area (Å²) in [5.74, 6) is 1.33. The molecule has 0 aliphatic rings. The maximum atomic E-state index is 12.7. The number of carbonyl (C=O) groups excluding carboxylic acids is 1. The van der Waals surface area contributed by atoms with Gasteiger partial charge in [0.15, 0.2) is 0 Å². The fraction of sp³-hybridized carbons (Fsp3) is 0.136. The monoisotopic (exact) mass is 465 g/mol. The summed E-state index contributed by atoms with van der Waals surface area (Å²) in [6, 6.07) is 15.0. The summed E-state index contributed by atoms with van der Waals surface area (Å²) >= 11 is 3.42. The Bertz CT molecular complexity index is 1160. The number of hydrogen-bond acceptors (Lipinski definition) is 4. The van der Waals surface area contributed by atoms with Crippen LogP contribution in [0.5, 0.6) is 5.75 Å². The third-order valence-electron chi connectivity index (χ3n) is 4.73. The van der Waals surface area contributed by atoms with E-state index in [2.05, 4.69) is 31.3 Å². The molecule has 4 rings (SSSR count). The lowest BCUT2D eigenvalue weighted by Crippen LogP contribution is -2.13. The van der Waals surface area contributed by atoms with E-state index in [1.54, 1.807) is 29.2 Å². The zero-order valence-electron chi connectivity index (χ0n) is 16.5. The van der Waals surface area contributed by atoms with Crippen LogP contribution in [-0.4, -0.2) is 25.2 Å². The van der Waals surface area contributed by atoms with Gasteiger partial charge in [0, 0.05) is 29.6 Å². The Morgan fingerprint density at radius 2 is 1.87 bits per heavy atom. The molecule has 0 aliphatic heterocycles. The number of amides is 1. The first-order valence-corrected chi connectivity index (χ1v) is 10.1. The molecule has 8 heteroatoms. The van der Waals surface area contributed by atoms with Gasteiger partial charge in [-0.1, -0.05) is 15.9 Å². The van der Waals surface area contributed by atoms with E-state index in [0.29, 0.717) is 23.6 Å². The van der Waals surface area contributed by atoms with Crippen molar-refractivity contribution in [3.05, 3.63) is 88.7 Å². The minimum Gasteiger partial charge on any atom is -0.486 e. The number of anilines is 1. The Morgan fingerprint density at radius 3 is 2.53 bits per heavy atom. The fourth-order valence-corrected chi connectivity index (χ4v) is 3.26. The first-order valence-electron chi connectivity index (χ1n) is 9.32. The Labute approximate surface area is 182 Å². The zero-order valence-corrected chi connectivity index (χ0v) is 18.1. The second kappa shape index (κ2) is 8.54. The number of aromatic nitrogens is 4. The molecule has 0 unspecified atom stereocenters. The molecule has 2 heterocycles. The standard InChI is InChI=1S/C22H20BrN5O2/c1-15-20(13-25-28(15)18-7-3-16(23)4-8-18)22(29)26-17-5-9-19(10-6-17)30-14-21-24-11-12-27(21)2/h3-13H,14H2,1-2H3,(H,26,29). The Morgan fingerprint density at radius 1 is 1.13 bits per heavy atom. The summed E-state index contributed by atoms with van der Waals surface area (Å²) in [4.78, 5) is 17.0. The molecule has 4 aromatic rings. The van der Waals surface area contributed by atoms with Gasteiger partial charge in [-0.25, -0.2) is 9.67 Å². The third-order valence-corrected chi connectivity index (χ3v) is 5.26. The van der Waals surface area contributed by atoms with Gasteiger partial charge in [-0.05, 0) is 55.5 Å². The molecule has 7 nitrogen and oxygen atoms in total. The fourth-order valence-electron chi connectivity index (χ4n) is 2.99. The average molecular weight is 466 g/mol. The quantitative estimate of drug-likeness (QED) is 0.454. The summed E-state index contributed by atoms with van der Waals surface area (Å²) in [6.45, 7) is 2.25. The van der Waals surface area contributed by atoms with Crippen LogP contribution in [0.2, 0.25) is 0 Å². The number of aryl methyl sites for hydroxylation is 1. The lowest BCUT2D eigenvalue weighted by molar-refractivity contribution is 0.102. The molecular weight excluding hydrogens is 446 g/mol. The van der Waals surface area contributed by atoms with Gasteiger partial charge in [-0.3, -0.25) is 4.79 Å². The van der Waals surface area contributed by atoms with Gasteiger partial charge in [0.2, 0.25) is 0 Å². The van der Waals surface area contributed by atoms with Gasteiger partial charge < -0.3 is 14.6 Å².